The van der Waals surface area contributed by atoms with Crippen LogP contribution in [-0.4, -0.2) is 70.9 Å². The third kappa shape index (κ3) is 6.78. The molecule has 7 heteroatoms. The lowest BCUT2D eigenvalue weighted by Crippen LogP contribution is -2.38. The van der Waals surface area contributed by atoms with Gasteiger partial charge >= 0.3 is 0 Å². The van der Waals surface area contributed by atoms with Crippen LogP contribution in [0, 0.1) is 0 Å². The van der Waals surface area contributed by atoms with E-state index in [0.29, 0.717) is 31.7 Å². The molecule has 2 amide bonds. The van der Waals surface area contributed by atoms with Crippen molar-refractivity contribution < 1.29 is 9.59 Å². The van der Waals surface area contributed by atoms with Gasteiger partial charge in [0.1, 0.15) is 5.69 Å². The van der Waals surface area contributed by atoms with Gasteiger partial charge in [-0.25, -0.2) is 4.98 Å². The second kappa shape index (κ2) is 10.8. The second-order valence-corrected chi connectivity index (χ2v) is 6.39. The molecule has 0 aromatic carbocycles. The summed E-state index contributed by atoms with van der Waals surface area (Å²) >= 11 is 0. The van der Waals surface area contributed by atoms with Crippen molar-refractivity contribution in [2.24, 2.45) is 0 Å². The Morgan fingerprint density at radius 1 is 1.24 bits per heavy atom. The van der Waals surface area contributed by atoms with E-state index in [1.807, 2.05) is 0 Å². The fourth-order valence-corrected chi connectivity index (χ4v) is 2.92. The van der Waals surface area contributed by atoms with Gasteiger partial charge in [-0.2, -0.15) is 0 Å². The second-order valence-electron chi connectivity index (χ2n) is 6.39. The number of hydrogen-bond acceptors (Lipinski definition) is 5. The third-order valence-corrected chi connectivity index (χ3v) is 4.41. The zero-order chi connectivity index (χ0) is 17.9. The van der Waals surface area contributed by atoms with Gasteiger partial charge in [-0.05, 0) is 32.4 Å². The number of likely N-dealkylation sites (tertiary alicyclic amines) is 1. The molecule has 2 rings (SSSR count). The molecule has 1 aliphatic heterocycles. The predicted molar refractivity (Wildman–Crippen MR) is 96.1 cm³/mol. The van der Waals surface area contributed by atoms with Gasteiger partial charge in [0.2, 0.25) is 5.91 Å². The largest absolute Gasteiger partial charge is 0.355 e. The first-order chi connectivity index (χ1) is 12.2. The average molecular weight is 347 g/mol. The Kier molecular flexibility index (Phi) is 8.31. The van der Waals surface area contributed by atoms with Crippen molar-refractivity contribution in [3.05, 3.63) is 24.3 Å². The maximum atomic E-state index is 12.5. The zero-order valence-electron chi connectivity index (χ0n) is 15.1. The van der Waals surface area contributed by atoms with Gasteiger partial charge in [0, 0.05) is 45.0 Å². The number of aromatic nitrogens is 2. The lowest BCUT2D eigenvalue weighted by atomic mass is 10.2. The van der Waals surface area contributed by atoms with E-state index in [2.05, 4.69) is 27.1 Å². The van der Waals surface area contributed by atoms with E-state index in [4.69, 9.17) is 0 Å². The van der Waals surface area contributed by atoms with Crippen molar-refractivity contribution >= 4 is 11.8 Å². The van der Waals surface area contributed by atoms with E-state index in [9.17, 15) is 9.59 Å². The molecule has 1 saturated heterocycles. The van der Waals surface area contributed by atoms with E-state index in [-0.39, 0.29) is 11.8 Å². The molecule has 0 radical (unpaired) electrons. The Bertz CT molecular complexity index is 532. The smallest absolute Gasteiger partial charge is 0.274 e. The van der Waals surface area contributed by atoms with Gasteiger partial charge in [-0.1, -0.05) is 13.3 Å². The molecule has 0 spiro atoms. The van der Waals surface area contributed by atoms with E-state index in [1.54, 1.807) is 11.1 Å². The molecule has 1 aromatic rings. The maximum Gasteiger partial charge on any atom is 0.274 e. The summed E-state index contributed by atoms with van der Waals surface area (Å²) in [5, 5.41) is 2.95. The van der Waals surface area contributed by atoms with Gasteiger partial charge in [-0.15, -0.1) is 0 Å². The fourth-order valence-electron chi connectivity index (χ4n) is 2.92. The average Bonchev–Trinajstić information content (AvgIpc) is 3.15. The Morgan fingerprint density at radius 3 is 2.72 bits per heavy atom. The number of carbonyl (C=O) groups is 2. The highest BCUT2D eigenvalue weighted by Crippen LogP contribution is 2.06. The van der Waals surface area contributed by atoms with E-state index >= 15 is 0 Å². The zero-order valence-corrected chi connectivity index (χ0v) is 15.1. The molecule has 1 N–H and O–H groups in total. The summed E-state index contributed by atoms with van der Waals surface area (Å²) in [6.45, 7) is 6.96. The minimum atomic E-state index is -0.161. The first kappa shape index (κ1) is 19.3. The highest BCUT2D eigenvalue weighted by molar-refractivity contribution is 5.92. The summed E-state index contributed by atoms with van der Waals surface area (Å²) in [7, 11) is 0. The van der Waals surface area contributed by atoms with Gasteiger partial charge in [0.15, 0.2) is 0 Å². The van der Waals surface area contributed by atoms with E-state index < -0.39 is 0 Å². The molecule has 0 bridgehead atoms. The van der Waals surface area contributed by atoms with Crippen LogP contribution < -0.4 is 5.32 Å². The van der Waals surface area contributed by atoms with Crippen LogP contribution in [0.25, 0.3) is 0 Å². The van der Waals surface area contributed by atoms with E-state index in [1.165, 1.54) is 25.2 Å². The van der Waals surface area contributed by atoms with Crippen molar-refractivity contribution in [3.8, 4) is 0 Å². The number of nitrogens with one attached hydrogen (secondary N) is 1. The number of nitrogens with zero attached hydrogens (tertiary/aromatic N) is 4. The number of unbranched alkanes of at least 4 members (excludes halogenated alkanes) is 1. The molecule has 7 nitrogen and oxygen atoms in total. The molecule has 1 fully saturated rings. The quantitative estimate of drug-likeness (QED) is 0.691. The Balaban J connectivity index is 1.76. The third-order valence-electron chi connectivity index (χ3n) is 4.41. The molecule has 138 valence electrons. The molecular formula is C18H29N5O2. The van der Waals surface area contributed by atoms with Crippen LogP contribution in [0.1, 0.15) is 49.5 Å². The fraction of sp³-hybridized carbons (Fsp3) is 0.667. The summed E-state index contributed by atoms with van der Waals surface area (Å²) in [6, 6.07) is 0. The van der Waals surface area contributed by atoms with Gasteiger partial charge in [-0.3, -0.25) is 14.6 Å². The summed E-state index contributed by atoms with van der Waals surface area (Å²) in [5.74, 6) is -0.168. The minimum Gasteiger partial charge on any atom is -0.355 e. The molecular weight excluding hydrogens is 318 g/mol. The van der Waals surface area contributed by atoms with Crippen molar-refractivity contribution in [2.75, 3.05) is 39.3 Å². The molecule has 0 atom stereocenters. The monoisotopic (exact) mass is 347 g/mol. The number of hydrogen-bond donors (Lipinski definition) is 1. The molecule has 0 saturated carbocycles. The lowest BCUT2D eigenvalue weighted by Gasteiger charge is -2.22. The molecule has 1 aromatic heterocycles. The molecule has 2 heterocycles. The number of amides is 2. The standard InChI is InChI=1S/C18H29N5O2/c1-2-3-12-23(18(25)16-15-19-7-8-20-16)13-6-17(24)21-9-14-22-10-4-5-11-22/h7-8,15H,2-6,9-14H2,1H3,(H,21,24). The van der Waals surface area contributed by atoms with Crippen molar-refractivity contribution in [3.63, 3.8) is 0 Å². The van der Waals surface area contributed by atoms with Crippen LogP contribution in [0.5, 0.6) is 0 Å². The van der Waals surface area contributed by atoms with E-state index in [0.717, 1.165) is 32.5 Å². The topological polar surface area (TPSA) is 78.4 Å². The van der Waals surface area contributed by atoms with Crippen LogP contribution in [-0.2, 0) is 4.79 Å². The molecule has 0 aliphatic carbocycles. The summed E-state index contributed by atoms with van der Waals surface area (Å²) in [6.07, 6.45) is 9.24. The minimum absolute atomic E-state index is 0.00681. The Morgan fingerprint density at radius 2 is 2.04 bits per heavy atom. The normalized spacial score (nSPS) is 14.4. The first-order valence-electron chi connectivity index (χ1n) is 9.25. The highest BCUT2D eigenvalue weighted by Gasteiger charge is 2.18. The Hall–Kier alpha value is -2.02. The van der Waals surface area contributed by atoms with Crippen LogP contribution in [0.15, 0.2) is 18.6 Å². The maximum absolute atomic E-state index is 12.5. The SMILES string of the molecule is CCCCN(CCC(=O)NCCN1CCCC1)C(=O)c1cnccn1. The lowest BCUT2D eigenvalue weighted by molar-refractivity contribution is -0.121. The number of carbonyl (C=O) groups excluding carboxylic acids is 2. The highest BCUT2D eigenvalue weighted by atomic mass is 16.2. The summed E-state index contributed by atoms with van der Waals surface area (Å²) in [4.78, 5) is 36.7. The van der Waals surface area contributed by atoms with Crippen LogP contribution in [0.3, 0.4) is 0 Å². The molecule has 0 unspecified atom stereocenters. The van der Waals surface area contributed by atoms with Crippen LogP contribution in [0.2, 0.25) is 0 Å². The molecule has 1 aliphatic rings. The predicted octanol–water partition coefficient (Wildman–Crippen LogP) is 1.32. The van der Waals surface area contributed by atoms with Crippen molar-refractivity contribution in [1.29, 1.82) is 0 Å². The van der Waals surface area contributed by atoms with Gasteiger partial charge < -0.3 is 15.1 Å². The van der Waals surface area contributed by atoms with Crippen LogP contribution >= 0.6 is 0 Å². The van der Waals surface area contributed by atoms with Crippen molar-refractivity contribution in [2.45, 2.75) is 39.0 Å². The first-order valence-corrected chi connectivity index (χ1v) is 9.25. The Labute approximate surface area is 149 Å². The number of rotatable bonds is 10. The van der Waals surface area contributed by atoms with Crippen molar-refractivity contribution in [1.82, 2.24) is 25.1 Å². The molecule has 25 heavy (non-hydrogen) atoms. The summed E-state index contributed by atoms with van der Waals surface area (Å²) in [5.41, 5.74) is 0.327. The van der Waals surface area contributed by atoms with Gasteiger partial charge in [0.25, 0.3) is 5.91 Å². The summed E-state index contributed by atoms with van der Waals surface area (Å²) < 4.78 is 0. The van der Waals surface area contributed by atoms with Crippen LogP contribution in [0.4, 0.5) is 0 Å². The van der Waals surface area contributed by atoms with Gasteiger partial charge in [0.05, 0.1) is 6.20 Å².